The van der Waals surface area contributed by atoms with Gasteiger partial charge in [-0.1, -0.05) is 13.0 Å². The molecule has 0 aliphatic rings. The molecule has 0 aromatic rings. The van der Waals surface area contributed by atoms with Crippen molar-refractivity contribution in [3.05, 3.63) is 12.7 Å². The van der Waals surface area contributed by atoms with Crippen LogP contribution in [0, 0.1) is 0 Å². The van der Waals surface area contributed by atoms with E-state index in [2.05, 4.69) is 13.5 Å². The van der Waals surface area contributed by atoms with Crippen molar-refractivity contribution in [2.24, 2.45) is 5.73 Å². The molecule has 0 aliphatic carbocycles. The first kappa shape index (κ1) is 12.2. The highest BCUT2D eigenvalue weighted by atomic mass is 16.2. The van der Waals surface area contributed by atoms with Crippen LogP contribution in [-0.2, 0) is 4.79 Å². The topological polar surface area (TPSA) is 46.3 Å². The number of rotatable bonds is 7. The summed E-state index contributed by atoms with van der Waals surface area (Å²) in [5.41, 5.74) is 5.33. The fraction of sp³-hybridized carbons (Fsp3) is 0.700. The number of hydrogen-bond acceptors (Lipinski definition) is 2. The molecule has 0 aromatic heterocycles. The van der Waals surface area contributed by atoms with E-state index >= 15 is 0 Å². The normalized spacial score (nSPS) is 9.69. The van der Waals surface area contributed by atoms with Gasteiger partial charge >= 0.3 is 0 Å². The van der Waals surface area contributed by atoms with Crippen LogP contribution in [0.1, 0.15) is 26.2 Å². The van der Waals surface area contributed by atoms with Crippen LogP contribution in [-0.4, -0.2) is 30.4 Å². The zero-order valence-electron chi connectivity index (χ0n) is 8.46. The van der Waals surface area contributed by atoms with Crippen molar-refractivity contribution in [3.63, 3.8) is 0 Å². The second-order valence-electron chi connectivity index (χ2n) is 3.02. The first-order chi connectivity index (χ1) is 6.26. The summed E-state index contributed by atoms with van der Waals surface area (Å²) in [6, 6.07) is 0. The van der Waals surface area contributed by atoms with Gasteiger partial charge < -0.3 is 10.6 Å². The van der Waals surface area contributed by atoms with Crippen molar-refractivity contribution in [2.45, 2.75) is 26.2 Å². The van der Waals surface area contributed by atoms with Gasteiger partial charge in [-0.15, -0.1) is 6.58 Å². The predicted molar refractivity (Wildman–Crippen MR) is 55.4 cm³/mol. The molecule has 0 radical (unpaired) electrons. The number of amides is 1. The fourth-order valence-corrected chi connectivity index (χ4v) is 1.15. The van der Waals surface area contributed by atoms with Crippen LogP contribution < -0.4 is 5.73 Å². The molecule has 0 atom stereocenters. The average Bonchev–Trinajstić information content (AvgIpc) is 2.14. The number of nitrogens with two attached hydrogens (primary N) is 1. The quantitative estimate of drug-likeness (QED) is 0.603. The summed E-state index contributed by atoms with van der Waals surface area (Å²) in [5, 5.41) is 0. The lowest BCUT2D eigenvalue weighted by Gasteiger charge is -2.20. The van der Waals surface area contributed by atoms with Crippen LogP contribution in [0.2, 0.25) is 0 Å². The summed E-state index contributed by atoms with van der Waals surface area (Å²) in [4.78, 5) is 13.3. The molecule has 3 nitrogen and oxygen atoms in total. The van der Waals surface area contributed by atoms with Gasteiger partial charge in [-0.3, -0.25) is 4.79 Å². The molecule has 0 spiro atoms. The Morgan fingerprint density at radius 2 is 2.31 bits per heavy atom. The Morgan fingerprint density at radius 1 is 1.62 bits per heavy atom. The second kappa shape index (κ2) is 7.80. The van der Waals surface area contributed by atoms with Gasteiger partial charge in [0.2, 0.25) is 5.91 Å². The third-order valence-electron chi connectivity index (χ3n) is 1.79. The minimum absolute atomic E-state index is 0.187. The summed E-state index contributed by atoms with van der Waals surface area (Å²) in [5.74, 6) is 0.187. The Hall–Kier alpha value is -0.830. The Bertz CT molecular complexity index is 157. The molecule has 3 heteroatoms. The minimum atomic E-state index is 0.187. The summed E-state index contributed by atoms with van der Waals surface area (Å²) in [6.45, 7) is 7.74. The van der Waals surface area contributed by atoms with Crippen molar-refractivity contribution in [1.82, 2.24) is 4.90 Å². The van der Waals surface area contributed by atoms with E-state index in [0.29, 0.717) is 19.5 Å². The number of carbonyl (C=O) groups excluding carboxylic acids is 1. The lowest BCUT2D eigenvalue weighted by atomic mass is 10.2. The molecule has 0 saturated heterocycles. The summed E-state index contributed by atoms with van der Waals surface area (Å²) in [6.07, 6.45) is 4.08. The van der Waals surface area contributed by atoms with Gasteiger partial charge in [0.15, 0.2) is 0 Å². The van der Waals surface area contributed by atoms with Gasteiger partial charge in [-0.2, -0.15) is 0 Å². The van der Waals surface area contributed by atoms with E-state index in [9.17, 15) is 4.79 Å². The standard InChI is InChI=1S/C10H20N2O/c1-3-8-12(9-4-2)10(13)6-5-7-11/h3H,1,4-9,11H2,2H3. The molecule has 0 heterocycles. The highest BCUT2D eigenvalue weighted by molar-refractivity contribution is 5.76. The molecule has 0 bridgehead atoms. The van der Waals surface area contributed by atoms with E-state index in [-0.39, 0.29) is 5.91 Å². The summed E-state index contributed by atoms with van der Waals surface area (Å²) in [7, 11) is 0. The SMILES string of the molecule is C=CCN(CCC)C(=O)CCCN. The van der Waals surface area contributed by atoms with Crippen LogP contribution in [0.15, 0.2) is 12.7 Å². The van der Waals surface area contributed by atoms with Crippen molar-refractivity contribution in [1.29, 1.82) is 0 Å². The fourth-order valence-electron chi connectivity index (χ4n) is 1.15. The van der Waals surface area contributed by atoms with Crippen molar-refractivity contribution < 1.29 is 4.79 Å². The first-order valence-electron chi connectivity index (χ1n) is 4.85. The molecule has 1 amide bonds. The smallest absolute Gasteiger partial charge is 0.222 e. The number of carbonyl (C=O) groups is 1. The molecule has 2 N–H and O–H groups in total. The summed E-state index contributed by atoms with van der Waals surface area (Å²) >= 11 is 0. The highest BCUT2D eigenvalue weighted by Crippen LogP contribution is 1.98. The van der Waals surface area contributed by atoms with E-state index in [4.69, 9.17) is 5.73 Å². The molecule has 0 aliphatic heterocycles. The molecule has 0 fully saturated rings. The van der Waals surface area contributed by atoms with Crippen LogP contribution in [0.4, 0.5) is 0 Å². The van der Waals surface area contributed by atoms with Gasteiger partial charge in [-0.05, 0) is 19.4 Å². The Kier molecular flexibility index (Phi) is 7.30. The summed E-state index contributed by atoms with van der Waals surface area (Å²) < 4.78 is 0. The number of hydrogen-bond donors (Lipinski definition) is 1. The lowest BCUT2D eigenvalue weighted by molar-refractivity contribution is -0.130. The zero-order chi connectivity index (χ0) is 10.1. The van der Waals surface area contributed by atoms with E-state index < -0.39 is 0 Å². The van der Waals surface area contributed by atoms with Crippen molar-refractivity contribution in [3.8, 4) is 0 Å². The van der Waals surface area contributed by atoms with Crippen LogP contribution in [0.5, 0.6) is 0 Å². The van der Waals surface area contributed by atoms with E-state index in [0.717, 1.165) is 19.4 Å². The molecule has 0 aromatic carbocycles. The Balaban J connectivity index is 3.87. The van der Waals surface area contributed by atoms with Crippen molar-refractivity contribution >= 4 is 5.91 Å². The Morgan fingerprint density at radius 3 is 2.77 bits per heavy atom. The van der Waals surface area contributed by atoms with Crippen molar-refractivity contribution in [2.75, 3.05) is 19.6 Å². The van der Waals surface area contributed by atoms with Crippen LogP contribution >= 0.6 is 0 Å². The molecule has 0 rings (SSSR count). The molecular formula is C10H20N2O. The molecule has 13 heavy (non-hydrogen) atoms. The molecule has 76 valence electrons. The highest BCUT2D eigenvalue weighted by Gasteiger charge is 2.09. The largest absolute Gasteiger partial charge is 0.339 e. The lowest BCUT2D eigenvalue weighted by Crippen LogP contribution is -2.32. The first-order valence-corrected chi connectivity index (χ1v) is 4.85. The maximum Gasteiger partial charge on any atom is 0.222 e. The molecule has 0 unspecified atom stereocenters. The van der Waals surface area contributed by atoms with Gasteiger partial charge in [0, 0.05) is 19.5 Å². The predicted octanol–water partition coefficient (Wildman–Crippen LogP) is 1.15. The van der Waals surface area contributed by atoms with E-state index in [1.54, 1.807) is 6.08 Å². The third-order valence-corrected chi connectivity index (χ3v) is 1.79. The third kappa shape index (κ3) is 5.42. The van der Waals surface area contributed by atoms with Gasteiger partial charge in [0.05, 0.1) is 0 Å². The zero-order valence-corrected chi connectivity index (χ0v) is 8.46. The maximum atomic E-state index is 11.5. The maximum absolute atomic E-state index is 11.5. The number of nitrogens with zero attached hydrogens (tertiary/aromatic N) is 1. The van der Waals surface area contributed by atoms with Gasteiger partial charge in [0.1, 0.15) is 0 Å². The van der Waals surface area contributed by atoms with E-state index in [1.165, 1.54) is 0 Å². The molecular weight excluding hydrogens is 164 g/mol. The van der Waals surface area contributed by atoms with Crippen LogP contribution in [0.25, 0.3) is 0 Å². The minimum Gasteiger partial charge on any atom is -0.339 e. The van der Waals surface area contributed by atoms with Gasteiger partial charge in [0.25, 0.3) is 0 Å². The Labute approximate surface area is 80.6 Å². The van der Waals surface area contributed by atoms with Crippen LogP contribution in [0.3, 0.4) is 0 Å². The van der Waals surface area contributed by atoms with E-state index in [1.807, 2.05) is 4.90 Å². The second-order valence-corrected chi connectivity index (χ2v) is 3.02. The molecule has 0 saturated carbocycles. The van der Waals surface area contributed by atoms with Gasteiger partial charge in [-0.25, -0.2) is 0 Å². The monoisotopic (exact) mass is 184 g/mol. The average molecular weight is 184 g/mol.